The van der Waals surface area contributed by atoms with Crippen LogP contribution in [0.3, 0.4) is 0 Å². The van der Waals surface area contributed by atoms with Crippen molar-refractivity contribution in [1.29, 1.82) is 0 Å². The van der Waals surface area contributed by atoms with Gasteiger partial charge >= 0.3 is 5.97 Å². The van der Waals surface area contributed by atoms with Crippen LogP contribution in [0.5, 0.6) is 11.5 Å². The molecule has 1 aliphatic heterocycles. The lowest BCUT2D eigenvalue weighted by molar-refractivity contribution is -0.145. The molecule has 30 heavy (non-hydrogen) atoms. The third kappa shape index (κ3) is 5.34. The molecule has 0 saturated carbocycles. The number of benzene rings is 2. The Labute approximate surface area is 182 Å². The molecule has 1 heterocycles. The van der Waals surface area contributed by atoms with E-state index >= 15 is 0 Å². The number of carboxylic acid groups (broad SMARTS) is 1. The van der Waals surface area contributed by atoms with Gasteiger partial charge in [-0.1, -0.05) is 24.6 Å². The molecule has 1 fully saturated rings. The number of amides is 1. The average Bonchev–Trinajstić information content (AvgIpc) is 3.06. The lowest BCUT2D eigenvalue weighted by Gasteiger charge is -2.16. The van der Waals surface area contributed by atoms with E-state index < -0.39 is 12.1 Å². The van der Waals surface area contributed by atoms with E-state index in [1.807, 2.05) is 0 Å². The van der Waals surface area contributed by atoms with E-state index in [1.54, 1.807) is 55.5 Å². The fourth-order valence-electron chi connectivity index (χ4n) is 2.60. The number of halogens is 1. The van der Waals surface area contributed by atoms with Crippen LogP contribution in [-0.2, 0) is 9.59 Å². The molecule has 2 N–H and O–H groups in total. The molecule has 3 rings (SSSR count). The van der Waals surface area contributed by atoms with Crippen LogP contribution in [0.15, 0.2) is 52.4 Å². The predicted molar refractivity (Wildman–Crippen MR) is 118 cm³/mol. The smallest absolute Gasteiger partial charge is 0.344 e. The van der Waals surface area contributed by atoms with Crippen molar-refractivity contribution in [1.82, 2.24) is 5.32 Å². The highest BCUT2D eigenvalue weighted by Gasteiger charge is 2.24. The maximum absolute atomic E-state index is 12.3. The van der Waals surface area contributed by atoms with Crippen LogP contribution in [0.1, 0.15) is 18.9 Å². The Balaban J connectivity index is 1.79. The zero-order valence-corrected chi connectivity index (χ0v) is 17.8. The van der Waals surface area contributed by atoms with E-state index in [4.69, 9.17) is 21.1 Å². The number of thioether (sulfide) groups is 1. The standard InChI is InChI=1S/C21H19ClN2O5S/c1-3-15(20(26)27)29-16-9-4-12(10-17(16)28-2)11-18-19(25)24-21(30-18)23-14-7-5-13(22)6-8-14/h4-11,15H,3H2,1-2H3,(H,26,27)(H,23,24,25)/b18-11+. The lowest BCUT2D eigenvalue weighted by atomic mass is 10.1. The minimum atomic E-state index is -1.04. The summed E-state index contributed by atoms with van der Waals surface area (Å²) in [6.45, 7) is 1.73. The van der Waals surface area contributed by atoms with E-state index in [1.165, 1.54) is 18.9 Å². The number of carbonyl (C=O) groups is 2. The van der Waals surface area contributed by atoms with E-state index in [-0.39, 0.29) is 5.91 Å². The zero-order valence-electron chi connectivity index (χ0n) is 16.2. The molecule has 1 saturated heterocycles. The molecule has 0 spiro atoms. The third-order valence-electron chi connectivity index (χ3n) is 4.11. The Morgan fingerprint density at radius 1 is 1.27 bits per heavy atom. The first-order valence-electron chi connectivity index (χ1n) is 9.02. The molecular weight excluding hydrogens is 428 g/mol. The minimum Gasteiger partial charge on any atom is -0.493 e. The first-order chi connectivity index (χ1) is 14.4. The summed E-state index contributed by atoms with van der Waals surface area (Å²) in [5, 5.41) is 13.0. The number of hydrogen-bond donors (Lipinski definition) is 2. The van der Waals surface area contributed by atoms with Crippen LogP contribution in [0.2, 0.25) is 5.02 Å². The average molecular weight is 447 g/mol. The number of hydrogen-bond acceptors (Lipinski definition) is 6. The van der Waals surface area contributed by atoms with E-state index in [9.17, 15) is 14.7 Å². The van der Waals surface area contributed by atoms with Gasteiger partial charge in [0, 0.05) is 5.02 Å². The highest BCUT2D eigenvalue weighted by Crippen LogP contribution is 2.33. The minimum absolute atomic E-state index is 0.260. The molecule has 0 bridgehead atoms. The van der Waals surface area contributed by atoms with Crippen LogP contribution < -0.4 is 14.8 Å². The Hall–Kier alpha value is -2.97. The first kappa shape index (κ1) is 21.7. The third-order valence-corrected chi connectivity index (χ3v) is 5.27. The van der Waals surface area contributed by atoms with Crippen molar-refractivity contribution in [2.24, 2.45) is 4.99 Å². The van der Waals surface area contributed by atoms with Gasteiger partial charge in [-0.2, -0.15) is 0 Å². The number of ether oxygens (including phenoxy) is 2. The van der Waals surface area contributed by atoms with Crippen molar-refractivity contribution in [2.45, 2.75) is 19.4 Å². The molecule has 9 heteroatoms. The van der Waals surface area contributed by atoms with Crippen molar-refractivity contribution < 1.29 is 24.2 Å². The summed E-state index contributed by atoms with van der Waals surface area (Å²) in [5.74, 6) is -0.605. The van der Waals surface area contributed by atoms with Crippen molar-refractivity contribution in [2.75, 3.05) is 7.11 Å². The lowest BCUT2D eigenvalue weighted by Crippen LogP contribution is -2.26. The van der Waals surface area contributed by atoms with Gasteiger partial charge in [0.2, 0.25) is 0 Å². The van der Waals surface area contributed by atoms with E-state index in [2.05, 4.69) is 10.3 Å². The summed E-state index contributed by atoms with van der Waals surface area (Å²) in [6, 6.07) is 12.0. The second-order valence-electron chi connectivity index (χ2n) is 6.22. The molecule has 0 radical (unpaired) electrons. The van der Waals surface area contributed by atoms with Crippen molar-refractivity contribution in [3.63, 3.8) is 0 Å². The monoisotopic (exact) mass is 446 g/mol. The number of nitrogens with zero attached hydrogens (tertiary/aromatic N) is 1. The number of rotatable bonds is 7. The molecule has 0 aromatic heterocycles. The number of aliphatic imine (C=N–C) groups is 1. The maximum Gasteiger partial charge on any atom is 0.344 e. The topological polar surface area (TPSA) is 97.2 Å². The van der Waals surface area contributed by atoms with E-state index in [0.29, 0.717) is 44.3 Å². The fraction of sp³-hybridized carbons (Fsp3) is 0.190. The van der Waals surface area contributed by atoms with Crippen LogP contribution in [0.4, 0.5) is 5.69 Å². The summed E-state index contributed by atoms with van der Waals surface area (Å²) in [6.07, 6.45) is 1.05. The van der Waals surface area contributed by atoms with Gasteiger partial charge in [-0.05, 0) is 66.2 Å². The van der Waals surface area contributed by atoms with Gasteiger partial charge in [-0.25, -0.2) is 9.79 Å². The predicted octanol–water partition coefficient (Wildman–Crippen LogP) is 4.48. The molecule has 7 nitrogen and oxygen atoms in total. The van der Waals surface area contributed by atoms with Crippen molar-refractivity contribution in [3.8, 4) is 11.5 Å². The molecule has 0 aliphatic carbocycles. The van der Waals surface area contributed by atoms with E-state index in [0.717, 1.165) is 0 Å². The highest BCUT2D eigenvalue weighted by atomic mass is 35.5. The Bertz CT molecular complexity index is 1020. The first-order valence-corrected chi connectivity index (χ1v) is 10.2. The number of aliphatic carboxylic acids is 1. The molecule has 2 aromatic carbocycles. The molecule has 2 aromatic rings. The Kier molecular flexibility index (Phi) is 7.02. The fourth-order valence-corrected chi connectivity index (χ4v) is 3.57. The number of methoxy groups -OCH3 is 1. The Morgan fingerprint density at radius 3 is 2.63 bits per heavy atom. The molecule has 156 valence electrons. The van der Waals surface area contributed by atoms with Crippen LogP contribution in [0, 0.1) is 0 Å². The Morgan fingerprint density at radius 2 is 2.00 bits per heavy atom. The van der Waals surface area contributed by atoms with Crippen LogP contribution in [-0.4, -0.2) is 35.4 Å². The summed E-state index contributed by atoms with van der Waals surface area (Å²) in [4.78, 5) is 28.4. The SMILES string of the molecule is CCC(Oc1ccc(/C=C2/SC(=Nc3ccc(Cl)cc3)NC2=O)cc1OC)C(=O)O. The zero-order chi connectivity index (χ0) is 21.7. The summed E-state index contributed by atoms with van der Waals surface area (Å²) >= 11 is 7.09. The number of amidine groups is 1. The largest absolute Gasteiger partial charge is 0.493 e. The van der Waals surface area contributed by atoms with Gasteiger partial charge in [0.05, 0.1) is 17.7 Å². The van der Waals surface area contributed by atoms with Gasteiger partial charge in [-0.15, -0.1) is 0 Å². The van der Waals surface area contributed by atoms with Gasteiger partial charge in [0.1, 0.15) is 0 Å². The second-order valence-corrected chi connectivity index (χ2v) is 7.69. The number of carbonyl (C=O) groups excluding carboxylic acids is 1. The molecule has 1 amide bonds. The molecule has 1 aliphatic rings. The van der Waals surface area contributed by atoms with Crippen LogP contribution >= 0.6 is 23.4 Å². The molecule has 1 atom stereocenters. The molecule has 1 unspecified atom stereocenters. The summed E-state index contributed by atoms with van der Waals surface area (Å²) in [7, 11) is 1.47. The molecular formula is C21H19ClN2O5S. The van der Waals surface area contributed by atoms with Gasteiger partial charge in [-0.3, -0.25) is 4.79 Å². The highest BCUT2D eigenvalue weighted by molar-refractivity contribution is 8.18. The number of carboxylic acids is 1. The van der Waals surface area contributed by atoms with Gasteiger partial charge in [0.15, 0.2) is 22.8 Å². The van der Waals surface area contributed by atoms with Crippen molar-refractivity contribution >= 4 is 52.2 Å². The summed E-state index contributed by atoms with van der Waals surface area (Å²) < 4.78 is 10.8. The van der Waals surface area contributed by atoms with Crippen LogP contribution in [0.25, 0.3) is 6.08 Å². The van der Waals surface area contributed by atoms with Gasteiger partial charge < -0.3 is 19.9 Å². The van der Waals surface area contributed by atoms with Gasteiger partial charge in [0.25, 0.3) is 5.91 Å². The normalized spacial score (nSPS) is 17.1. The number of nitrogens with one attached hydrogen (secondary N) is 1. The summed E-state index contributed by atoms with van der Waals surface area (Å²) in [5.41, 5.74) is 1.38. The maximum atomic E-state index is 12.3. The second kappa shape index (κ2) is 9.69. The van der Waals surface area contributed by atoms with Crippen molar-refractivity contribution in [3.05, 3.63) is 58.0 Å². The quantitative estimate of drug-likeness (QED) is 0.608.